The summed E-state index contributed by atoms with van der Waals surface area (Å²) < 4.78 is 25.1. The maximum atomic E-state index is 12.2. The summed E-state index contributed by atoms with van der Waals surface area (Å²) in [6.45, 7) is 0.563. The molecule has 0 saturated carbocycles. The fourth-order valence-corrected chi connectivity index (χ4v) is 3.35. The topological polar surface area (TPSA) is 66.5 Å². The number of rotatable bonds is 4. The Bertz CT molecular complexity index is 603. The smallest absolute Gasteiger partial charge is 0.239 e. The van der Waals surface area contributed by atoms with E-state index in [9.17, 15) is 13.2 Å². The van der Waals surface area contributed by atoms with Crippen LogP contribution in [0.1, 0.15) is 24.4 Å². The first-order chi connectivity index (χ1) is 9.44. The van der Waals surface area contributed by atoms with Crippen LogP contribution in [0.3, 0.4) is 0 Å². The Morgan fingerprint density at radius 2 is 2.15 bits per heavy atom. The summed E-state index contributed by atoms with van der Waals surface area (Å²) in [5.41, 5.74) is 0.877. The summed E-state index contributed by atoms with van der Waals surface area (Å²) in [5, 5.41) is 0.605. The second-order valence-corrected chi connectivity index (χ2v) is 7.06. The number of carbonyl (C=O) groups excluding carboxylic acids is 1. The molecule has 110 valence electrons. The fraction of sp³-hybridized carbons (Fsp3) is 0.462. The molecule has 20 heavy (non-hydrogen) atoms. The second-order valence-electron chi connectivity index (χ2n) is 4.73. The summed E-state index contributed by atoms with van der Waals surface area (Å²) in [4.78, 5) is 13.8. The number of halogens is 1. The van der Waals surface area contributed by atoms with Crippen molar-refractivity contribution in [2.75, 3.05) is 19.3 Å². The highest BCUT2D eigenvalue weighted by molar-refractivity contribution is 7.90. The van der Waals surface area contributed by atoms with Gasteiger partial charge in [-0.3, -0.25) is 4.79 Å². The van der Waals surface area contributed by atoms with Gasteiger partial charge in [-0.05, 0) is 31.5 Å². The number of carbonyl (C=O) groups is 1. The Balaban J connectivity index is 2.20. The first-order valence-electron chi connectivity index (χ1n) is 6.40. The van der Waals surface area contributed by atoms with Gasteiger partial charge in [0.05, 0.1) is 6.04 Å². The van der Waals surface area contributed by atoms with Crippen molar-refractivity contribution >= 4 is 27.5 Å². The minimum atomic E-state index is -3.55. The molecule has 1 aliphatic rings. The van der Waals surface area contributed by atoms with Crippen molar-refractivity contribution in [3.05, 3.63) is 34.9 Å². The quantitative estimate of drug-likeness (QED) is 0.916. The minimum absolute atomic E-state index is 0.136. The summed E-state index contributed by atoms with van der Waals surface area (Å²) in [6, 6.07) is 7.22. The molecule has 1 amide bonds. The van der Waals surface area contributed by atoms with E-state index in [0.29, 0.717) is 11.6 Å². The van der Waals surface area contributed by atoms with Crippen LogP contribution < -0.4 is 4.72 Å². The molecule has 2 rings (SSSR count). The van der Waals surface area contributed by atoms with Crippen molar-refractivity contribution < 1.29 is 13.2 Å². The van der Waals surface area contributed by atoms with Gasteiger partial charge in [0.25, 0.3) is 0 Å². The third-order valence-corrected chi connectivity index (χ3v) is 5.06. The van der Waals surface area contributed by atoms with Crippen LogP contribution >= 0.6 is 11.6 Å². The number of hydrogen-bond donors (Lipinski definition) is 1. The third kappa shape index (κ3) is 3.31. The molecule has 1 saturated heterocycles. The van der Waals surface area contributed by atoms with E-state index in [1.807, 2.05) is 18.2 Å². The number of likely N-dealkylation sites (tertiary alicyclic amines) is 1. The van der Waals surface area contributed by atoms with Crippen LogP contribution in [0, 0.1) is 0 Å². The standard InChI is InChI=1S/C13H17ClN2O3S/c1-15-20(18,19)9-13(17)16-8-4-7-12(16)10-5-2-3-6-11(10)14/h2-3,5-6,12,15H,4,7-9H2,1H3. The van der Waals surface area contributed by atoms with Gasteiger partial charge < -0.3 is 4.90 Å². The van der Waals surface area contributed by atoms with E-state index < -0.39 is 15.8 Å². The number of benzene rings is 1. The van der Waals surface area contributed by atoms with Gasteiger partial charge >= 0.3 is 0 Å². The van der Waals surface area contributed by atoms with Crippen LogP contribution in [0.2, 0.25) is 5.02 Å². The lowest BCUT2D eigenvalue weighted by atomic mass is 10.0. The van der Waals surface area contributed by atoms with Crippen molar-refractivity contribution in [2.24, 2.45) is 0 Å². The molecule has 1 fully saturated rings. The molecule has 7 heteroatoms. The summed E-state index contributed by atoms with van der Waals surface area (Å²) >= 11 is 6.17. The average Bonchev–Trinajstić information content (AvgIpc) is 2.88. The van der Waals surface area contributed by atoms with Crippen molar-refractivity contribution in [1.29, 1.82) is 0 Å². The summed E-state index contributed by atoms with van der Waals surface area (Å²) in [5.74, 6) is -0.911. The second kappa shape index (κ2) is 6.11. The normalized spacial score (nSPS) is 19.3. The summed E-state index contributed by atoms with van der Waals surface area (Å²) in [7, 11) is -2.24. The predicted octanol–water partition coefficient (Wildman–Crippen LogP) is 1.55. The molecule has 0 aliphatic carbocycles. The zero-order chi connectivity index (χ0) is 14.8. The van der Waals surface area contributed by atoms with Gasteiger partial charge in [-0.25, -0.2) is 13.1 Å². The van der Waals surface area contributed by atoms with Crippen LogP contribution in [-0.4, -0.2) is 38.6 Å². The number of amides is 1. The molecule has 5 nitrogen and oxygen atoms in total. The van der Waals surface area contributed by atoms with E-state index in [0.717, 1.165) is 18.4 Å². The molecule has 1 aliphatic heterocycles. The molecule has 1 N–H and O–H groups in total. The fourth-order valence-electron chi connectivity index (χ4n) is 2.45. The van der Waals surface area contributed by atoms with Crippen molar-refractivity contribution in [3.8, 4) is 0 Å². The predicted molar refractivity (Wildman–Crippen MR) is 78.0 cm³/mol. The number of sulfonamides is 1. The lowest BCUT2D eigenvalue weighted by molar-refractivity contribution is -0.129. The van der Waals surface area contributed by atoms with Crippen molar-refractivity contribution in [1.82, 2.24) is 9.62 Å². The molecule has 1 atom stereocenters. The zero-order valence-corrected chi connectivity index (χ0v) is 12.7. The molecule has 0 bridgehead atoms. The summed E-state index contributed by atoms with van der Waals surface area (Å²) in [6.07, 6.45) is 1.65. The van der Waals surface area contributed by atoms with E-state index in [2.05, 4.69) is 4.72 Å². The Morgan fingerprint density at radius 3 is 2.80 bits per heavy atom. The average molecular weight is 317 g/mol. The molecule has 0 radical (unpaired) electrons. The molecule has 1 heterocycles. The number of nitrogens with zero attached hydrogens (tertiary/aromatic N) is 1. The van der Waals surface area contributed by atoms with Crippen LogP contribution in [0.15, 0.2) is 24.3 Å². The number of hydrogen-bond acceptors (Lipinski definition) is 3. The Morgan fingerprint density at radius 1 is 1.45 bits per heavy atom. The molecule has 1 unspecified atom stereocenters. The molecular formula is C13H17ClN2O3S. The van der Waals surface area contributed by atoms with Crippen LogP contribution in [0.25, 0.3) is 0 Å². The van der Waals surface area contributed by atoms with Gasteiger partial charge in [-0.15, -0.1) is 0 Å². The van der Waals surface area contributed by atoms with Gasteiger partial charge in [-0.1, -0.05) is 29.8 Å². The van der Waals surface area contributed by atoms with Gasteiger partial charge in [0.2, 0.25) is 15.9 Å². The van der Waals surface area contributed by atoms with E-state index >= 15 is 0 Å². The van der Waals surface area contributed by atoms with Crippen molar-refractivity contribution in [3.63, 3.8) is 0 Å². The maximum absolute atomic E-state index is 12.2. The lowest BCUT2D eigenvalue weighted by Gasteiger charge is -2.25. The highest BCUT2D eigenvalue weighted by Crippen LogP contribution is 2.35. The van der Waals surface area contributed by atoms with E-state index in [4.69, 9.17) is 11.6 Å². The first kappa shape index (κ1) is 15.3. The van der Waals surface area contributed by atoms with Crippen LogP contribution in [0.5, 0.6) is 0 Å². The van der Waals surface area contributed by atoms with Crippen molar-refractivity contribution in [2.45, 2.75) is 18.9 Å². The highest BCUT2D eigenvalue weighted by Gasteiger charge is 2.32. The van der Waals surface area contributed by atoms with E-state index in [1.165, 1.54) is 7.05 Å². The van der Waals surface area contributed by atoms with E-state index in [1.54, 1.807) is 11.0 Å². The third-order valence-electron chi connectivity index (χ3n) is 3.46. The lowest BCUT2D eigenvalue weighted by Crippen LogP contribution is -2.38. The van der Waals surface area contributed by atoms with E-state index in [-0.39, 0.29) is 11.9 Å². The van der Waals surface area contributed by atoms with Gasteiger partial charge in [0.15, 0.2) is 0 Å². The van der Waals surface area contributed by atoms with Gasteiger partial charge in [0.1, 0.15) is 5.75 Å². The van der Waals surface area contributed by atoms with Gasteiger partial charge in [0, 0.05) is 11.6 Å². The van der Waals surface area contributed by atoms with Gasteiger partial charge in [-0.2, -0.15) is 0 Å². The molecule has 0 spiro atoms. The Labute approximate surface area is 124 Å². The Kier molecular flexibility index (Phi) is 4.67. The zero-order valence-electron chi connectivity index (χ0n) is 11.2. The molecule has 1 aromatic rings. The largest absolute Gasteiger partial charge is 0.335 e. The monoisotopic (exact) mass is 316 g/mol. The van der Waals surface area contributed by atoms with Crippen LogP contribution in [0.4, 0.5) is 0 Å². The molecular weight excluding hydrogens is 300 g/mol. The highest BCUT2D eigenvalue weighted by atomic mass is 35.5. The first-order valence-corrected chi connectivity index (χ1v) is 8.43. The molecule has 1 aromatic carbocycles. The maximum Gasteiger partial charge on any atom is 0.239 e. The number of nitrogens with one attached hydrogen (secondary N) is 1. The molecule has 0 aromatic heterocycles. The SMILES string of the molecule is CNS(=O)(=O)CC(=O)N1CCCC1c1ccccc1Cl. The minimum Gasteiger partial charge on any atom is -0.335 e. The Hall–Kier alpha value is -1.11. The van der Waals surface area contributed by atoms with Crippen LogP contribution in [-0.2, 0) is 14.8 Å².